The molecule has 2 unspecified atom stereocenters. The Morgan fingerprint density at radius 2 is 1.84 bits per heavy atom. The van der Waals surface area contributed by atoms with Gasteiger partial charge >= 0.3 is 0 Å². The lowest BCUT2D eigenvalue weighted by Gasteiger charge is -2.48. The second-order valence-corrected chi connectivity index (χ2v) is 6.79. The van der Waals surface area contributed by atoms with Gasteiger partial charge in [0, 0.05) is 18.2 Å². The average Bonchev–Trinajstić information content (AvgIpc) is 2.61. The smallest absolute Gasteiger partial charge is 0.214 e. The molecule has 4 rings (SSSR count). The molecular weight excluding hydrogens is 334 g/mol. The van der Waals surface area contributed by atoms with Crippen molar-refractivity contribution < 1.29 is 4.85 Å². The minimum absolute atomic E-state index is 0. The van der Waals surface area contributed by atoms with Crippen molar-refractivity contribution in [3.63, 3.8) is 0 Å². The first-order valence-corrected chi connectivity index (χ1v) is 8.63. The molecule has 1 N–H and O–H groups in total. The molecule has 0 radical (unpaired) electrons. The van der Waals surface area contributed by atoms with E-state index in [4.69, 9.17) is 0 Å². The summed E-state index contributed by atoms with van der Waals surface area (Å²) in [6.07, 6.45) is 2.61. The molecule has 0 saturated carbocycles. The van der Waals surface area contributed by atoms with Gasteiger partial charge in [-0.05, 0) is 43.0 Å². The summed E-state index contributed by atoms with van der Waals surface area (Å²) in [7, 11) is 0. The summed E-state index contributed by atoms with van der Waals surface area (Å²) in [5.74, 6) is 0. The van der Waals surface area contributed by atoms with Crippen molar-refractivity contribution in [3.8, 4) is 0 Å². The van der Waals surface area contributed by atoms with Gasteiger partial charge in [0.15, 0.2) is 0 Å². The van der Waals surface area contributed by atoms with Gasteiger partial charge in [0.2, 0.25) is 6.21 Å². The van der Waals surface area contributed by atoms with E-state index in [0.717, 1.165) is 23.4 Å². The Hall–Kier alpha value is -2.04. The normalized spacial score (nSPS) is 24.6. The lowest BCUT2D eigenvalue weighted by molar-refractivity contribution is -0.659. The van der Waals surface area contributed by atoms with Crippen LogP contribution in [0.15, 0.2) is 48.5 Å². The first-order valence-electron chi connectivity index (χ1n) is 8.63. The van der Waals surface area contributed by atoms with Gasteiger partial charge in [-0.15, -0.1) is 12.4 Å². The fraction of sp³-hybridized carbons (Fsp3) is 0.350. The van der Waals surface area contributed by atoms with Crippen LogP contribution in [0.5, 0.6) is 0 Å². The zero-order chi connectivity index (χ0) is 16.7. The highest BCUT2D eigenvalue weighted by molar-refractivity contribution is 5.85. The van der Waals surface area contributed by atoms with Gasteiger partial charge in [-0.3, -0.25) is 0 Å². The van der Waals surface area contributed by atoms with Crippen LogP contribution in [0, 0.1) is 5.21 Å². The van der Waals surface area contributed by atoms with Gasteiger partial charge in [-0.1, -0.05) is 47.3 Å². The van der Waals surface area contributed by atoms with E-state index < -0.39 is 0 Å². The minimum Gasteiger partial charge on any atom is -0.596 e. The van der Waals surface area contributed by atoms with Crippen LogP contribution >= 0.6 is 12.4 Å². The molecule has 132 valence electrons. The Labute approximate surface area is 155 Å². The van der Waals surface area contributed by atoms with Crippen molar-refractivity contribution in [3.05, 3.63) is 76.0 Å². The molecule has 0 bridgehead atoms. The predicted molar refractivity (Wildman–Crippen MR) is 103 cm³/mol. The Morgan fingerprint density at radius 1 is 1.16 bits per heavy atom. The first-order chi connectivity index (χ1) is 11.6. The van der Waals surface area contributed by atoms with Crippen LogP contribution in [-0.2, 0) is 18.5 Å². The summed E-state index contributed by atoms with van der Waals surface area (Å²) in [6.45, 7) is 5.75. The number of fused-ring (bicyclic) bond motifs is 2. The van der Waals surface area contributed by atoms with Crippen molar-refractivity contribution in [1.29, 1.82) is 0 Å². The third kappa shape index (κ3) is 2.70. The molecule has 4 nitrogen and oxygen atoms in total. The molecule has 2 aliphatic rings. The highest BCUT2D eigenvalue weighted by Crippen LogP contribution is 2.39. The Morgan fingerprint density at radius 3 is 2.60 bits per heavy atom. The summed E-state index contributed by atoms with van der Waals surface area (Å²) in [4.78, 5) is 1.02. The molecular formula is C20H24ClN3O. The van der Waals surface area contributed by atoms with Crippen LogP contribution in [0.1, 0.15) is 36.1 Å². The number of halogens is 1. The molecule has 25 heavy (non-hydrogen) atoms. The summed E-state index contributed by atoms with van der Waals surface area (Å²) >= 11 is 0. The number of hydrazone groups is 1. The van der Waals surface area contributed by atoms with Gasteiger partial charge in [0.1, 0.15) is 5.54 Å². The zero-order valence-corrected chi connectivity index (χ0v) is 15.4. The highest BCUT2D eigenvalue weighted by Gasteiger charge is 2.49. The van der Waals surface area contributed by atoms with Gasteiger partial charge < -0.3 is 10.5 Å². The minimum atomic E-state index is -0.380. The topological polar surface area (TPSA) is 41.3 Å². The van der Waals surface area contributed by atoms with E-state index in [1.54, 1.807) is 6.21 Å². The number of nitrogens with zero attached hydrogens (tertiary/aromatic N) is 2. The molecule has 0 aliphatic carbocycles. The molecule has 2 aromatic rings. The maximum atomic E-state index is 12.7. The second-order valence-electron chi connectivity index (χ2n) is 6.79. The van der Waals surface area contributed by atoms with Crippen LogP contribution in [0.4, 0.5) is 0 Å². The highest BCUT2D eigenvalue weighted by atomic mass is 35.5. The van der Waals surface area contributed by atoms with Crippen LogP contribution in [-0.4, -0.2) is 28.7 Å². The van der Waals surface area contributed by atoms with E-state index in [9.17, 15) is 5.21 Å². The molecule has 0 aromatic heterocycles. The maximum Gasteiger partial charge on any atom is 0.214 e. The number of benzene rings is 2. The predicted octanol–water partition coefficient (Wildman–Crippen LogP) is 3.22. The second kappa shape index (κ2) is 6.70. The van der Waals surface area contributed by atoms with Crippen molar-refractivity contribution >= 4 is 18.6 Å². The van der Waals surface area contributed by atoms with Gasteiger partial charge in [-0.2, -0.15) is 5.01 Å². The molecule has 2 heterocycles. The van der Waals surface area contributed by atoms with Gasteiger partial charge in [-0.25, -0.2) is 0 Å². The number of nitrogens with one attached hydrogen (secondary N) is 1. The van der Waals surface area contributed by atoms with Gasteiger partial charge in [0.05, 0.1) is 6.54 Å². The third-order valence-corrected chi connectivity index (χ3v) is 5.59. The Bertz CT molecular complexity index is 807. The van der Waals surface area contributed by atoms with E-state index in [2.05, 4.69) is 48.6 Å². The number of hydrazine groups is 1. The summed E-state index contributed by atoms with van der Waals surface area (Å²) in [5, 5.41) is 18.3. The zero-order valence-electron chi connectivity index (χ0n) is 14.6. The molecule has 0 amide bonds. The Kier molecular flexibility index (Phi) is 4.76. The number of rotatable bonds is 2. The van der Waals surface area contributed by atoms with Crippen molar-refractivity contribution in [2.75, 3.05) is 6.54 Å². The molecule has 0 fully saturated rings. The lowest BCUT2D eigenvalue weighted by Crippen LogP contribution is -2.62. The summed E-state index contributed by atoms with van der Waals surface area (Å²) in [5.41, 5.74) is 4.59. The van der Waals surface area contributed by atoms with E-state index in [-0.39, 0.29) is 24.0 Å². The average molecular weight is 358 g/mol. The monoisotopic (exact) mass is 357 g/mol. The molecule has 2 atom stereocenters. The standard InChI is InChI=1S/C20H23N3O.ClH/c1-3-22-20(2,18-11-7-6-10-17(18)14-23(22)24)19-12-15-8-4-5-9-16(15)13-21-19;/h4-11,14,19,21H,3,12-13H2,1-2H3;1H. The molecule has 2 aliphatic heterocycles. The first kappa shape index (κ1) is 17.8. The van der Waals surface area contributed by atoms with E-state index in [1.807, 2.05) is 24.1 Å². The third-order valence-electron chi connectivity index (χ3n) is 5.59. The van der Waals surface area contributed by atoms with Crippen molar-refractivity contribution in [2.45, 2.75) is 38.4 Å². The quantitative estimate of drug-likeness (QED) is 0.662. The van der Waals surface area contributed by atoms with E-state index >= 15 is 0 Å². The maximum absolute atomic E-state index is 12.7. The fourth-order valence-corrected chi connectivity index (χ4v) is 4.29. The number of hydrogen-bond acceptors (Lipinski definition) is 3. The largest absolute Gasteiger partial charge is 0.596 e. The van der Waals surface area contributed by atoms with Crippen LogP contribution in [0.25, 0.3) is 0 Å². The van der Waals surface area contributed by atoms with Gasteiger partial charge in [0.25, 0.3) is 0 Å². The molecule has 0 saturated heterocycles. The van der Waals surface area contributed by atoms with Crippen LogP contribution < -0.4 is 5.32 Å². The van der Waals surface area contributed by atoms with Crippen LogP contribution in [0.2, 0.25) is 0 Å². The van der Waals surface area contributed by atoms with E-state index in [0.29, 0.717) is 6.54 Å². The molecule has 5 heteroatoms. The Balaban J connectivity index is 0.00000182. The molecule has 0 spiro atoms. The fourth-order valence-electron chi connectivity index (χ4n) is 4.29. The number of hydrogen-bond donors (Lipinski definition) is 1. The SMILES string of the molecule is CCN1[N+]([O-])=Cc2ccccc2C1(C)C1Cc2ccccc2CN1.Cl. The summed E-state index contributed by atoms with van der Waals surface area (Å²) < 4.78 is 0. The molecule has 2 aromatic carbocycles. The van der Waals surface area contributed by atoms with Crippen molar-refractivity contribution in [2.24, 2.45) is 0 Å². The van der Waals surface area contributed by atoms with Crippen molar-refractivity contribution in [1.82, 2.24) is 10.3 Å². The number of likely N-dealkylation sites (N-methyl/N-ethyl adjacent to an activating group) is 1. The van der Waals surface area contributed by atoms with Crippen LogP contribution in [0.3, 0.4) is 0 Å². The summed E-state index contributed by atoms with van der Waals surface area (Å²) in [6, 6.07) is 17.0. The lowest BCUT2D eigenvalue weighted by atomic mass is 9.76. The van der Waals surface area contributed by atoms with E-state index in [1.165, 1.54) is 16.7 Å².